The van der Waals surface area contributed by atoms with Crippen molar-refractivity contribution in [3.8, 4) is 28.7 Å². The van der Waals surface area contributed by atoms with Crippen LogP contribution >= 0.6 is 0 Å². The van der Waals surface area contributed by atoms with E-state index in [0.29, 0.717) is 35.7 Å². The van der Waals surface area contributed by atoms with Crippen molar-refractivity contribution >= 4 is 0 Å². The maximum absolute atomic E-state index is 10.5. The molecule has 0 aromatic heterocycles. The Bertz CT molecular complexity index is 1140. The highest BCUT2D eigenvalue weighted by molar-refractivity contribution is 5.54. The lowest BCUT2D eigenvalue weighted by atomic mass is 9.99. The maximum Gasteiger partial charge on any atom is 0.229 e. The SMILES string of the molecule is COc1cc(CCc2cc(O[C@@H]3O[C@H](CO)[C@@H](O)[C@H](O)[C@H]3O)cc(O[C@@H]3O[C@H](CO)[C@@H](O)[C@H](O)[C@H]3O)c2)cc(OC)c1OC. The van der Waals surface area contributed by atoms with E-state index >= 15 is 0 Å². The molecule has 0 radical (unpaired) electrons. The van der Waals surface area contributed by atoms with Crippen LogP contribution in [0.2, 0.25) is 0 Å². The highest BCUT2D eigenvalue weighted by Gasteiger charge is 2.46. The summed E-state index contributed by atoms with van der Waals surface area (Å²) in [5, 5.41) is 80.7. The monoisotopic (exact) mass is 628 g/mol. The van der Waals surface area contributed by atoms with E-state index in [0.717, 1.165) is 5.56 Å². The van der Waals surface area contributed by atoms with E-state index in [1.54, 1.807) is 24.3 Å². The molecule has 2 aliphatic heterocycles. The van der Waals surface area contributed by atoms with Gasteiger partial charge in [-0.3, -0.25) is 0 Å². The van der Waals surface area contributed by atoms with Gasteiger partial charge < -0.3 is 74.0 Å². The van der Waals surface area contributed by atoms with E-state index in [4.69, 9.17) is 33.2 Å². The second-order valence-electron chi connectivity index (χ2n) is 10.5. The van der Waals surface area contributed by atoms with Crippen molar-refractivity contribution in [1.29, 1.82) is 0 Å². The first-order valence-corrected chi connectivity index (χ1v) is 13.9. The fourth-order valence-electron chi connectivity index (χ4n) is 5.08. The number of hydrogen-bond donors (Lipinski definition) is 8. The minimum absolute atomic E-state index is 0.0799. The first kappa shape index (κ1) is 33.9. The van der Waals surface area contributed by atoms with Crippen molar-refractivity contribution in [2.75, 3.05) is 34.5 Å². The Morgan fingerprint density at radius 1 is 0.545 bits per heavy atom. The van der Waals surface area contributed by atoms with Gasteiger partial charge in [-0.2, -0.15) is 0 Å². The van der Waals surface area contributed by atoms with Crippen LogP contribution in [-0.2, 0) is 22.3 Å². The van der Waals surface area contributed by atoms with Crippen molar-refractivity contribution in [3.05, 3.63) is 41.5 Å². The molecule has 246 valence electrons. The first-order valence-electron chi connectivity index (χ1n) is 13.9. The second-order valence-corrected chi connectivity index (χ2v) is 10.5. The summed E-state index contributed by atoms with van der Waals surface area (Å²) in [5.74, 6) is 1.53. The standard InChI is InChI=1S/C29H40O15/c1-38-17-8-14(9-18(39-2)27(17)40-3)5-4-13-6-15(41-28-25(36)23(34)21(32)19(11-30)43-28)10-16(7-13)42-29-26(37)24(35)22(33)20(12-31)44-29/h6-10,19-26,28-37H,4-5,11-12H2,1-3H3/t19-,20-,21-,22-,23+,24+,25-,26-,28-,29-/m1/s1. The topological polar surface area (TPSA) is 226 Å². The summed E-state index contributed by atoms with van der Waals surface area (Å²) >= 11 is 0. The molecule has 2 aromatic carbocycles. The fourth-order valence-corrected chi connectivity index (χ4v) is 5.08. The number of hydrogen-bond acceptors (Lipinski definition) is 15. The zero-order valence-corrected chi connectivity index (χ0v) is 24.4. The zero-order chi connectivity index (χ0) is 32.1. The fraction of sp³-hybridized carbons (Fsp3) is 0.586. The highest BCUT2D eigenvalue weighted by Crippen LogP contribution is 2.39. The molecule has 2 aliphatic rings. The lowest BCUT2D eigenvalue weighted by Crippen LogP contribution is -2.60. The van der Waals surface area contributed by atoms with Gasteiger partial charge in [0.15, 0.2) is 11.5 Å². The molecule has 4 rings (SSSR count). The molecule has 0 bridgehead atoms. The third-order valence-corrected chi connectivity index (χ3v) is 7.57. The van der Waals surface area contributed by atoms with Gasteiger partial charge in [0.05, 0.1) is 34.5 Å². The Morgan fingerprint density at radius 3 is 1.32 bits per heavy atom. The third-order valence-electron chi connectivity index (χ3n) is 7.57. The van der Waals surface area contributed by atoms with Crippen LogP contribution in [0.15, 0.2) is 30.3 Å². The van der Waals surface area contributed by atoms with Crippen molar-refractivity contribution < 1.29 is 74.0 Å². The minimum atomic E-state index is -1.68. The molecule has 2 aromatic rings. The number of aliphatic hydroxyl groups is 8. The zero-order valence-electron chi connectivity index (χ0n) is 24.4. The summed E-state index contributed by atoms with van der Waals surface area (Å²) in [6.45, 7) is -1.30. The van der Waals surface area contributed by atoms with Crippen molar-refractivity contribution in [2.24, 2.45) is 0 Å². The van der Waals surface area contributed by atoms with Crippen molar-refractivity contribution in [3.63, 3.8) is 0 Å². The summed E-state index contributed by atoms with van der Waals surface area (Å²) in [6.07, 6.45) is -14.4. The number of benzene rings is 2. The Morgan fingerprint density at radius 2 is 0.955 bits per heavy atom. The predicted octanol–water partition coefficient (Wildman–Crippen LogP) is -2.14. The van der Waals surface area contributed by atoms with Crippen molar-refractivity contribution in [1.82, 2.24) is 0 Å². The Hall–Kier alpha value is -2.96. The molecule has 0 saturated carbocycles. The molecule has 0 spiro atoms. The maximum atomic E-state index is 10.5. The van der Waals surface area contributed by atoms with Gasteiger partial charge in [-0.15, -0.1) is 0 Å². The van der Waals surface area contributed by atoms with E-state index < -0.39 is 74.6 Å². The average molecular weight is 629 g/mol. The van der Waals surface area contributed by atoms with E-state index in [2.05, 4.69) is 0 Å². The molecule has 10 atom stereocenters. The number of aliphatic hydroxyl groups excluding tert-OH is 8. The largest absolute Gasteiger partial charge is 0.493 e. The smallest absolute Gasteiger partial charge is 0.229 e. The molecule has 0 unspecified atom stereocenters. The van der Waals surface area contributed by atoms with Gasteiger partial charge >= 0.3 is 0 Å². The quantitative estimate of drug-likeness (QED) is 0.125. The van der Waals surface area contributed by atoms with Gasteiger partial charge in [-0.1, -0.05) is 0 Å². The van der Waals surface area contributed by atoms with E-state index in [1.807, 2.05) is 0 Å². The minimum Gasteiger partial charge on any atom is -0.493 e. The molecular formula is C29H40O15. The lowest BCUT2D eigenvalue weighted by Gasteiger charge is -2.40. The molecule has 2 fully saturated rings. The van der Waals surface area contributed by atoms with Crippen LogP contribution in [0, 0.1) is 0 Å². The Kier molecular flexibility index (Phi) is 11.5. The average Bonchev–Trinajstić information content (AvgIpc) is 3.03. The number of ether oxygens (including phenoxy) is 7. The highest BCUT2D eigenvalue weighted by atomic mass is 16.7. The summed E-state index contributed by atoms with van der Waals surface area (Å²) in [6, 6.07) is 8.17. The first-order chi connectivity index (χ1) is 21.0. The van der Waals surface area contributed by atoms with Gasteiger partial charge in [-0.25, -0.2) is 0 Å². The molecule has 2 heterocycles. The van der Waals surface area contributed by atoms with Gasteiger partial charge in [0, 0.05) is 6.07 Å². The normalized spacial score (nSPS) is 32.2. The summed E-state index contributed by atoms with van der Waals surface area (Å²) in [7, 11) is 4.51. The second kappa shape index (κ2) is 14.9. The molecule has 2 saturated heterocycles. The van der Waals surface area contributed by atoms with Crippen LogP contribution < -0.4 is 23.7 Å². The summed E-state index contributed by atoms with van der Waals surface area (Å²) < 4.78 is 38.9. The van der Waals surface area contributed by atoms with E-state index in [1.165, 1.54) is 27.4 Å². The molecule has 0 amide bonds. The van der Waals surface area contributed by atoms with Gasteiger partial charge in [0.2, 0.25) is 18.3 Å². The van der Waals surface area contributed by atoms with E-state index in [-0.39, 0.29) is 11.5 Å². The molecule has 44 heavy (non-hydrogen) atoms. The van der Waals surface area contributed by atoms with Crippen LogP contribution in [0.5, 0.6) is 28.7 Å². The Balaban J connectivity index is 1.63. The van der Waals surface area contributed by atoms with Crippen LogP contribution in [0.25, 0.3) is 0 Å². The predicted molar refractivity (Wildman–Crippen MR) is 149 cm³/mol. The summed E-state index contributed by atoms with van der Waals surface area (Å²) in [4.78, 5) is 0. The van der Waals surface area contributed by atoms with Crippen LogP contribution in [0.4, 0.5) is 0 Å². The third kappa shape index (κ3) is 7.29. The van der Waals surface area contributed by atoms with Gasteiger partial charge in [0.25, 0.3) is 0 Å². The lowest BCUT2D eigenvalue weighted by molar-refractivity contribution is -0.278. The molecule has 15 heteroatoms. The van der Waals surface area contributed by atoms with Crippen LogP contribution in [-0.4, -0.2) is 137 Å². The molecule has 15 nitrogen and oxygen atoms in total. The molecule has 0 aliphatic carbocycles. The number of methoxy groups -OCH3 is 3. The van der Waals surface area contributed by atoms with Gasteiger partial charge in [-0.05, 0) is 48.2 Å². The van der Waals surface area contributed by atoms with E-state index in [9.17, 15) is 40.9 Å². The van der Waals surface area contributed by atoms with Gasteiger partial charge in [0.1, 0.15) is 60.3 Å². The number of rotatable bonds is 12. The molecule has 8 N–H and O–H groups in total. The Labute approximate surface area is 253 Å². The molecular weight excluding hydrogens is 588 g/mol. The number of aryl methyl sites for hydroxylation is 2. The van der Waals surface area contributed by atoms with Crippen molar-refractivity contribution in [2.45, 2.75) is 74.3 Å². The van der Waals surface area contributed by atoms with Crippen LogP contribution in [0.3, 0.4) is 0 Å². The van der Waals surface area contributed by atoms with Crippen LogP contribution in [0.1, 0.15) is 11.1 Å². The summed E-state index contributed by atoms with van der Waals surface area (Å²) in [5.41, 5.74) is 1.46.